The zero-order valence-corrected chi connectivity index (χ0v) is 6.47. The topological polar surface area (TPSA) is 58.7 Å². The van der Waals surface area contributed by atoms with Crippen LogP contribution in [0, 0.1) is 0 Å². The van der Waals surface area contributed by atoms with Crippen LogP contribution in [0.25, 0.3) is 0 Å². The first-order valence-electron chi connectivity index (χ1n) is 3.77. The first-order chi connectivity index (χ1) is 5.83. The van der Waals surface area contributed by atoms with E-state index in [1.165, 1.54) is 0 Å². The smallest absolute Gasteiger partial charge is 0.128 e. The van der Waals surface area contributed by atoms with Gasteiger partial charge in [0.25, 0.3) is 0 Å². The van der Waals surface area contributed by atoms with E-state index in [1.807, 2.05) is 18.2 Å². The predicted molar refractivity (Wildman–Crippen MR) is 43.6 cm³/mol. The van der Waals surface area contributed by atoms with Gasteiger partial charge in [0.15, 0.2) is 0 Å². The molecule has 0 saturated heterocycles. The van der Waals surface area contributed by atoms with Crippen molar-refractivity contribution in [2.24, 2.45) is 5.73 Å². The van der Waals surface area contributed by atoms with Gasteiger partial charge in [0, 0.05) is 12.1 Å². The van der Waals surface area contributed by atoms with Crippen LogP contribution in [-0.4, -0.2) is 11.8 Å². The molecule has 1 aromatic carbocycles. The van der Waals surface area contributed by atoms with Gasteiger partial charge in [-0.05, 0) is 6.07 Å². The minimum absolute atomic E-state index is 0.216. The summed E-state index contributed by atoms with van der Waals surface area (Å²) in [5.74, 6) is 0. The molecule has 1 unspecified atom stereocenters. The van der Waals surface area contributed by atoms with Crippen LogP contribution in [0.5, 0.6) is 0 Å². The molecule has 0 bridgehead atoms. The van der Waals surface area contributed by atoms with Gasteiger partial charge in [0.2, 0.25) is 0 Å². The van der Waals surface area contributed by atoms with Crippen molar-refractivity contribution in [3.63, 3.8) is 0 Å². The van der Waals surface area contributed by atoms with Crippen LogP contribution in [0.4, 0.5) is 5.69 Å². The lowest BCUT2D eigenvalue weighted by Crippen LogP contribution is -2.17. The van der Waals surface area contributed by atoms with Crippen LogP contribution in [0.15, 0.2) is 24.3 Å². The maximum absolute atomic E-state index is 9.24. The number of nitrogens with zero attached hydrogens (tertiary/aromatic N) is 1. The van der Waals surface area contributed by atoms with E-state index in [-0.39, 0.29) is 6.10 Å². The number of benzene rings is 1. The number of hydrogen-bond acceptors (Lipinski definition) is 4. The molecule has 0 amide bonds. The molecule has 0 radical (unpaired) electrons. The zero-order valence-electron chi connectivity index (χ0n) is 6.47. The Kier molecular flexibility index (Phi) is 1.73. The van der Waals surface area contributed by atoms with Crippen molar-refractivity contribution in [3.8, 4) is 0 Å². The Labute approximate surface area is 70.1 Å². The second-order valence-corrected chi connectivity index (χ2v) is 2.66. The lowest BCUT2D eigenvalue weighted by molar-refractivity contribution is -0.0636. The number of fused-ring (bicyclic) bond motifs is 1. The summed E-state index contributed by atoms with van der Waals surface area (Å²) >= 11 is 0. The molecule has 4 heteroatoms. The first-order valence-corrected chi connectivity index (χ1v) is 3.77. The van der Waals surface area contributed by atoms with Crippen molar-refractivity contribution in [2.45, 2.75) is 6.10 Å². The number of nitrogens with two attached hydrogens (primary N) is 1. The average molecular weight is 166 g/mol. The van der Waals surface area contributed by atoms with Gasteiger partial charge in [-0.3, -0.25) is 5.21 Å². The Morgan fingerprint density at radius 3 is 3.00 bits per heavy atom. The molecule has 0 aliphatic carbocycles. The number of para-hydroxylation sites is 1. The molecule has 3 N–H and O–H groups in total. The standard InChI is InChI=1S/C8H10N2O2/c9-5-8-6-3-1-2-4-7(6)10(11)12-8/h1-4,8,11H,5,9H2. The van der Waals surface area contributed by atoms with Gasteiger partial charge in [-0.25, -0.2) is 4.84 Å². The van der Waals surface area contributed by atoms with Gasteiger partial charge in [0.05, 0.1) is 0 Å². The number of hydrogen-bond donors (Lipinski definition) is 2. The monoisotopic (exact) mass is 166 g/mol. The number of rotatable bonds is 1. The summed E-state index contributed by atoms with van der Waals surface area (Å²) < 4.78 is 0. The van der Waals surface area contributed by atoms with Crippen molar-refractivity contribution in [3.05, 3.63) is 29.8 Å². The van der Waals surface area contributed by atoms with Crippen LogP contribution in [0.2, 0.25) is 0 Å². The van der Waals surface area contributed by atoms with Crippen molar-refractivity contribution < 1.29 is 10.0 Å². The molecule has 4 nitrogen and oxygen atoms in total. The Morgan fingerprint density at radius 2 is 2.25 bits per heavy atom. The normalized spacial score (nSPS) is 21.2. The van der Waals surface area contributed by atoms with Crippen molar-refractivity contribution in [1.29, 1.82) is 0 Å². The minimum Gasteiger partial charge on any atom is -0.328 e. The van der Waals surface area contributed by atoms with Crippen LogP contribution in [0.1, 0.15) is 11.7 Å². The van der Waals surface area contributed by atoms with E-state index in [2.05, 4.69) is 0 Å². The molecule has 64 valence electrons. The maximum Gasteiger partial charge on any atom is 0.128 e. The van der Waals surface area contributed by atoms with E-state index in [4.69, 9.17) is 10.6 Å². The van der Waals surface area contributed by atoms with E-state index in [9.17, 15) is 5.21 Å². The molecule has 12 heavy (non-hydrogen) atoms. The van der Waals surface area contributed by atoms with Crippen LogP contribution in [-0.2, 0) is 4.84 Å². The van der Waals surface area contributed by atoms with Crippen molar-refractivity contribution in [2.75, 3.05) is 11.8 Å². The summed E-state index contributed by atoms with van der Waals surface area (Å²) in [4.78, 5) is 5.04. The molecule has 1 heterocycles. The predicted octanol–water partition coefficient (Wildman–Crippen LogP) is 0.827. The second-order valence-electron chi connectivity index (χ2n) is 2.66. The third kappa shape index (κ3) is 0.972. The van der Waals surface area contributed by atoms with Gasteiger partial charge in [-0.1, -0.05) is 18.2 Å². The van der Waals surface area contributed by atoms with E-state index in [0.717, 1.165) is 10.8 Å². The van der Waals surface area contributed by atoms with Gasteiger partial charge in [-0.15, -0.1) is 5.23 Å². The lowest BCUT2D eigenvalue weighted by atomic mass is 10.1. The van der Waals surface area contributed by atoms with Gasteiger partial charge < -0.3 is 5.73 Å². The maximum atomic E-state index is 9.24. The summed E-state index contributed by atoms with van der Waals surface area (Å²) in [6.45, 7) is 0.369. The highest BCUT2D eigenvalue weighted by Crippen LogP contribution is 2.34. The highest BCUT2D eigenvalue weighted by atomic mass is 16.9. The average Bonchev–Trinajstić information content (AvgIpc) is 2.44. The Bertz CT molecular complexity index is 290. The summed E-state index contributed by atoms with van der Waals surface area (Å²) in [7, 11) is 0. The van der Waals surface area contributed by atoms with Crippen LogP contribution < -0.4 is 11.0 Å². The highest BCUT2D eigenvalue weighted by Gasteiger charge is 2.27. The zero-order chi connectivity index (χ0) is 8.55. The largest absolute Gasteiger partial charge is 0.328 e. The first kappa shape index (κ1) is 7.54. The Morgan fingerprint density at radius 1 is 1.50 bits per heavy atom. The minimum atomic E-state index is -0.216. The quantitative estimate of drug-likeness (QED) is 0.648. The summed E-state index contributed by atoms with van der Waals surface area (Å²) in [5, 5.41) is 10.0. The molecule has 1 aliphatic rings. The van der Waals surface area contributed by atoms with Gasteiger partial charge >= 0.3 is 0 Å². The van der Waals surface area contributed by atoms with Gasteiger partial charge in [-0.2, -0.15) is 0 Å². The van der Waals surface area contributed by atoms with E-state index < -0.39 is 0 Å². The molecular formula is C8H10N2O2. The van der Waals surface area contributed by atoms with E-state index in [1.54, 1.807) is 6.07 Å². The number of anilines is 1. The molecular weight excluding hydrogens is 156 g/mol. The Hall–Kier alpha value is -1.10. The summed E-state index contributed by atoms with van der Waals surface area (Å²) in [5.41, 5.74) is 7.05. The molecule has 2 rings (SSSR count). The molecule has 0 spiro atoms. The fourth-order valence-corrected chi connectivity index (χ4v) is 1.34. The fraction of sp³-hybridized carbons (Fsp3) is 0.250. The third-order valence-corrected chi connectivity index (χ3v) is 1.93. The molecule has 1 aliphatic heterocycles. The summed E-state index contributed by atoms with van der Waals surface area (Å²) in [6.07, 6.45) is -0.216. The van der Waals surface area contributed by atoms with Crippen molar-refractivity contribution >= 4 is 5.69 Å². The SMILES string of the molecule is NCC1ON(O)c2ccccc21. The van der Waals surface area contributed by atoms with E-state index >= 15 is 0 Å². The fourth-order valence-electron chi connectivity index (χ4n) is 1.34. The molecule has 1 atom stereocenters. The van der Waals surface area contributed by atoms with Gasteiger partial charge in [0.1, 0.15) is 11.8 Å². The summed E-state index contributed by atoms with van der Waals surface area (Å²) in [6, 6.07) is 7.41. The second kappa shape index (κ2) is 2.75. The van der Waals surface area contributed by atoms with Crippen LogP contribution >= 0.6 is 0 Å². The molecule has 0 fully saturated rings. The van der Waals surface area contributed by atoms with E-state index in [0.29, 0.717) is 12.2 Å². The molecule has 1 aromatic rings. The third-order valence-electron chi connectivity index (χ3n) is 1.93. The Balaban J connectivity index is 2.43. The molecule has 0 saturated carbocycles. The highest BCUT2D eigenvalue weighted by molar-refractivity contribution is 5.53. The van der Waals surface area contributed by atoms with Crippen LogP contribution in [0.3, 0.4) is 0 Å². The molecule has 0 aromatic heterocycles. The lowest BCUT2D eigenvalue weighted by Gasteiger charge is -2.08. The van der Waals surface area contributed by atoms with Crippen molar-refractivity contribution in [1.82, 2.24) is 0 Å².